The summed E-state index contributed by atoms with van der Waals surface area (Å²) in [5, 5.41) is 11.7. The Morgan fingerprint density at radius 3 is 2.61 bits per heavy atom. The first-order valence-corrected chi connectivity index (χ1v) is 6.75. The van der Waals surface area contributed by atoms with E-state index in [0.717, 1.165) is 25.8 Å². The minimum atomic E-state index is -0.954. The van der Waals surface area contributed by atoms with Crippen molar-refractivity contribution >= 4 is 12.0 Å². The third kappa shape index (κ3) is 3.89. The van der Waals surface area contributed by atoms with Crippen molar-refractivity contribution in [1.82, 2.24) is 10.2 Å². The molecule has 2 amide bonds. The average molecular weight is 256 g/mol. The van der Waals surface area contributed by atoms with Gasteiger partial charge in [-0.1, -0.05) is 20.8 Å². The number of nitrogens with zero attached hydrogens (tertiary/aromatic N) is 1. The molecule has 0 aromatic carbocycles. The van der Waals surface area contributed by atoms with E-state index >= 15 is 0 Å². The second-order valence-corrected chi connectivity index (χ2v) is 5.37. The molecule has 2 atom stereocenters. The highest BCUT2D eigenvalue weighted by molar-refractivity contribution is 5.82. The molecule has 104 valence electrons. The number of hydrogen-bond acceptors (Lipinski definition) is 2. The number of hydrogen-bond donors (Lipinski definition) is 2. The molecule has 18 heavy (non-hydrogen) atoms. The van der Waals surface area contributed by atoms with Crippen LogP contribution in [0.2, 0.25) is 0 Å². The van der Waals surface area contributed by atoms with Gasteiger partial charge in [-0.25, -0.2) is 9.59 Å². The molecule has 0 aromatic rings. The van der Waals surface area contributed by atoms with Gasteiger partial charge in [-0.3, -0.25) is 0 Å². The lowest BCUT2D eigenvalue weighted by molar-refractivity contribution is -0.139. The number of rotatable bonds is 5. The van der Waals surface area contributed by atoms with Crippen LogP contribution in [0.15, 0.2) is 0 Å². The van der Waals surface area contributed by atoms with E-state index in [-0.39, 0.29) is 18.0 Å². The number of urea groups is 1. The Balaban J connectivity index is 2.58. The first-order valence-electron chi connectivity index (χ1n) is 6.75. The smallest absolute Gasteiger partial charge is 0.326 e. The Bertz CT molecular complexity index is 305. The third-order valence-corrected chi connectivity index (χ3v) is 3.41. The minimum absolute atomic E-state index is 0.229. The molecular formula is C13H24N2O3. The number of nitrogens with one attached hydrogen (secondary N) is 1. The van der Waals surface area contributed by atoms with Crippen molar-refractivity contribution in [1.29, 1.82) is 0 Å². The van der Waals surface area contributed by atoms with Crippen LogP contribution < -0.4 is 5.32 Å². The number of aliphatic carboxylic acids is 1. The van der Waals surface area contributed by atoms with Gasteiger partial charge in [0.25, 0.3) is 0 Å². The number of carbonyl (C=O) groups is 2. The quantitative estimate of drug-likeness (QED) is 0.791. The highest BCUT2D eigenvalue weighted by atomic mass is 16.4. The van der Waals surface area contributed by atoms with Crippen LogP contribution >= 0.6 is 0 Å². The molecule has 0 bridgehead atoms. The summed E-state index contributed by atoms with van der Waals surface area (Å²) in [6.07, 6.45) is 3.42. The highest BCUT2D eigenvalue weighted by Crippen LogP contribution is 2.20. The Morgan fingerprint density at radius 2 is 2.11 bits per heavy atom. The molecule has 1 aliphatic rings. The summed E-state index contributed by atoms with van der Waals surface area (Å²) in [5.74, 6) is -0.712. The van der Waals surface area contributed by atoms with Crippen molar-refractivity contribution in [2.45, 2.75) is 58.5 Å². The monoisotopic (exact) mass is 256 g/mol. The molecule has 5 heteroatoms. The first-order chi connectivity index (χ1) is 8.45. The van der Waals surface area contributed by atoms with Crippen LogP contribution in [0.4, 0.5) is 4.79 Å². The molecule has 5 nitrogen and oxygen atoms in total. The van der Waals surface area contributed by atoms with Gasteiger partial charge < -0.3 is 15.3 Å². The molecule has 0 radical (unpaired) electrons. The van der Waals surface area contributed by atoms with Gasteiger partial charge in [0.2, 0.25) is 0 Å². The van der Waals surface area contributed by atoms with Gasteiger partial charge >= 0.3 is 12.0 Å². The second kappa shape index (κ2) is 6.61. The summed E-state index contributed by atoms with van der Waals surface area (Å²) < 4.78 is 0. The van der Waals surface area contributed by atoms with E-state index < -0.39 is 12.0 Å². The van der Waals surface area contributed by atoms with Crippen LogP contribution in [-0.2, 0) is 4.79 Å². The lowest BCUT2D eigenvalue weighted by atomic mass is 10.0. The van der Waals surface area contributed by atoms with E-state index in [1.165, 1.54) is 0 Å². The summed E-state index contributed by atoms with van der Waals surface area (Å²) in [4.78, 5) is 24.9. The second-order valence-electron chi connectivity index (χ2n) is 5.37. The molecule has 1 saturated heterocycles. The van der Waals surface area contributed by atoms with Gasteiger partial charge in [-0.2, -0.15) is 0 Å². The molecule has 1 unspecified atom stereocenters. The Kier molecular flexibility index (Phi) is 5.44. The van der Waals surface area contributed by atoms with Crippen molar-refractivity contribution in [3.63, 3.8) is 0 Å². The lowest BCUT2D eigenvalue weighted by Crippen LogP contribution is -2.49. The van der Waals surface area contributed by atoms with Crippen LogP contribution in [0.5, 0.6) is 0 Å². The van der Waals surface area contributed by atoms with Crippen LogP contribution in [0.25, 0.3) is 0 Å². The van der Waals surface area contributed by atoms with Gasteiger partial charge in [0.15, 0.2) is 0 Å². The molecule has 1 rings (SSSR count). The molecule has 1 fully saturated rings. The largest absolute Gasteiger partial charge is 0.480 e. The molecule has 1 aliphatic heterocycles. The van der Waals surface area contributed by atoms with Crippen molar-refractivity contribution in [2.24, 2.45) is 5.92 Å². The SMILES string of the molecule is CCC1CCCN1C(=O)N[C@H](CC(C)C)C(=O)O. The number of likely N-dealkylation sites (tertiary alicyclic amines) is 1. The minimum Gasteiger partial charge on any atom is -0.480 e. The predicted molar refractivity (Wildman–Crippen MR) is 69.4 cm³/mol. The average Bonchev–Trinajstić information content (AvgIpc) is 2.75. The Hall–Kier alpha value is -1.26. The Morgan fingerprint density at radius 1 is 1.44 bits per heavy atom. The molecule has 0 aromatic heterocycles. The Labute approximate surface area is 109 Å². The van der Waals surface area contributed by atoms with Crippen molar-refractivity contribution in [3.8, 4) is 0 Å². The van der Waals surface area contributed by atoms with Crippen molar-refractivity contribution < 1.29 is 14.7 Å². The normalized spacial score (nSPS) is 21.1. The van der Waals surface area contributed by atoms with Crippen LogP contribution in [-0.4, -0.2) is 40.6 Å². The number of carboxylic acid groups (broad SMARTS) is 1. The molecule has 1 heterocycles. The summed E-state index contributed by atoms with van der Waals surface area (Å²) in [6, 6.07) is -0.749. The first kappa shape index (κ1) is 14.8. The van der Waals surface area contributed by atoms with Crippen LogP contribution in [0, 0.1) is 5.92 Å². The van der Waals surface area contributed by atoms with Gasteiger partial charge in [0.05, 0.1) is 0 Å². The van der Waals surface area contributed by atoms with E-state index in [1.54, 1.807) is 4.90 Å². The van der Waals surface area contributed by atoms with Crippen molar-refractivity contribution in [2.75, 3.05) is 6.54 Å². The van der Waals surface area contributed by atoms with E-state index in [2.05, 4.69) is 12.2 Å². The molecule has 0 spiro atoms. The summed E-state index contributed by atoms with van der Waals surface area (Å²) in [7, 11) is 0. The summed E-state index contributed by atoms with van der Waals surface area (Å²) in [6.45, 7) is 6.69. The zero-order valence-electron chi connectivity index (χ0n) is 11.5. The van der Waals surface area contributed by atoms with E-state index in [9.17, 15) is 9.59 Å². The van der Waals surface area contributed by atoms with Gasteiger partial charge in [-0.05, 0) is 31.6 Å². The van der Waals surface area contributed by atoms with Gasteiger partial charge in [0.1, 0.15) is 6.04 Å². The summed E-state index contributed by atoms with van der Waals surface area (Å²) in [5.41, 5.74) is 0. The lowest BCUT2D eigenvalue weighted by Gasteiger charge is -2.26. The number of carbonyl (C=O) groups excluding carboxylic acids is 1. The molecular weight excluding hydrogens is 232 g/mol. The third-order valence-electron chi connectivity index (χ3n) is 3.41. The van der Waals surface area contributed by atoms with E-state index in [1.807, 2.05) is 13.8 Å². The fraction of sp³-hybridized carbons (Fsp3) is 0.846. The zero-order valence-corrected chi connectivity index (χ0v) is 11.5. The maximum atomic E-state index is 12.1. The van der Waals surface area contributed by atoms with E-state index in [4.69, 9.17) is 5.11 Å². The van der Waals surface area contributed by atoms with Crippen molar-refractivity contribution in [3.05, 3.63) is 0 Å². The zero-order chi connectivity index (χ0) is 13.7. The highest BCUT2D eigenvalue weighted by Gasteiger charge is 2.30. The fourth-order valence-corrected chi connectivity index (χ4v) is 2.45. The molecule has 0 saturated carbocycles. The van der Waals surface area contributed by atoms with Crippen LogP contribution in [0.1, 0.15) is 46.5 Å². The molecule has 0 aliphatic carbocycles. The summed E-state index contributed by atoms with van der Waals surface area (Å²) >= 11 is 0. The topological polar surface area (TPSA) is 69.6 Å². The van der Waals surface area contributed by atoms with Gasteiger partial charge in [-0.15, -0.1) is 0 Å². The van der Waals surface area contributed by atoms with Gasteiger partial charge in [0, 0.05) is 12.6 Å². The predicted octanol–water partition coefficient (Wildman–Crippen LogP) is 2.07. The standard InChI is InChI=1S/C13H24N2O3/c1-4-10-6-5-7-15(10)13(18)14-11(12(16)17)8-9(2)3/h9-11H,4-8H2,1-3H3,(H,14,18)(H,16,17)/t10?,11-/m1/s1. The van der Waals surface area contributed by atoms with E-state index in [0.29, 0.717) is 6.42 Å². The fourth-order valence-electron chi connectivity index (χ4n) is 2.45. The van der Waals surface area contributed by atoms with Crippen LogP contribution in [0.3, 0.4) is 0 Å². The number of amides is 2. The molecule has 2 N–H and O–H groups in total. The maximum Gasteiger partial charge on any atom is 0.326 e. The maximum absolute atomic E-state index is 12.1. The number of carboxylic acids is 1.